The van der Waals surface area contributed by atoms with Crippen molar-refractivity contribution < 1.29 is 0 Å². The lowest BCUT2D eigenvalue weighted by Crippen LogP contribution is -2.21. The maximum Gasteiger partial charge on any atom is 0.143 e. The predicted octanol–water partition coefficient (Wildman–Crippen LogP) is 2.40. The zero-order valence-electron chi connectivity index (χ0n) is 8.63. The van der Waals surface area contributed by atoms with Crippen LogP contribution in [0.2, 0.25) is 0 Å². The lowest BCUT2D eigenvalue weighted by molar-refractivity contribution is 0.454. The van der Waals surface area contributed by atoms with E-state index in [0.29, 0.717) is 0 Å². The average molecular weight is 246 g/mol. The van der Waals surface area contributed by atoms with E-state index in [1.54, 1.807) is 0 Å². The van der Waals surface area contributed by atoms with Gasteiger partial charge in [0.25, 0.3) is 0 Å². The molecule has 0 fully saturated rings. The van der Waals surface area contributed by atoms with Crippen LogP contribution < -0.4 is 0 Å². The fraction of sp³-hybridized carbons (Fsp3) is 0.778. The SMILES string of the molecule is CCC(C)(C)c1nnc(CBr)n1C. The van der Waals surface area contributed by atoms with Gasteiger partial charge in [0.05, 0.1) is 5.33 Å². The van der Waals surface area contributed by atoms with E-state index < -0.39 is 0 Å². The van der Waals surface area contributed by atoms with Crippen LogP contribution in [0, 0.1) is 0 Å². The van der Waals surface area contributed by atoms with E-state index in [4.69, 9.17) is 0 Å². The summed E-state index contributed by atoms with van der Waals surface area (Å²) in [6, 6.07) is 0. The van der Waals surface area contributed by atoms with Gasteiger partial charge in [-0.2, -0.15) is 0 Å². The summed E-state index contributed by atoms with van der Waals surface area (Å²) in [5, 5.41) is 9.09. The van der Waals surface area contributed by atoms with Crippen molar-refractivity contribution in [3.8, 4) is 0 Å². The minimum atomic E-state index is 0.113. The van der Waals surface area contributed by atoms with E-state index in [-0.39, 0.29) is 5.41 Å². The molecule has 1 heterocycles. The second-order valence-electron chi connectivity index (χ2n) is 3.87. The largest absolute Gasteiger partial charge is 0.317 e. The molecule has 4 heteroatoms. The molecule has 0 radical (unpaired) electrons. The molecule has 0 aliphatic carbocycles. The molecule has 13 heavy (non-hydrogen) atoms. The van der Waals surface area contributed by atoms with Crippen LogP contribution in [0.15, 0.2) is 0 Å². The average Bonchev–Trinajstić information content (AvgIpc) is 2.47. The Labute approximate surface area is 87.7 Å². The Morgan fingerprint density at radius 3 is 2.38 bits per heavy atom. The van der Waals surface area contributed by atoms with Crippen molar-refractivity contribution in [3.05, 3.63) is 11.6 Å². The lowest BCUT2D eigenvalue weighted by Gasteiger charge is -2.21. The third-order valence-corrected chi connectivity index (χ3v) is 3.08. The quantitative estimate of drug-likeness (QED) is 0.767. The van der Waals surface area contributed by atoms with Crippen LogP contribution in [0.25, 0.3) is 0 Å². The third kappa shape index (κ3) is 1.93. The molecule has 0 N–H and O–H groups in total. The van der Waals surface area contributed by atoms with Crippen molar-refractivity contribution in [1.82, 2.24) is 14.8 Å². The summed E-state index contributed by atoms with van der Waals surface area (Å²) in [5.74, 6) is 2.04. The van der Waals surface area contributed by atoms with Crippen LogP contribution in [0.5, 0.6) is 0 Å². The Bertz CT molecular complexity index is 291. The molecule has 0 bridgehead atoms. The fourth-order valence-corrected chi connectivity index (χ4v) is 1.71. The standard InChI is InChI=1S/C9H16BrN3/c1-5-9(2,3)8-12-11-7(6-10)13(8)4/h5-6H2,1-4H3. The molecule has 0 atom stereocenters. The minimum Gasteiger partial charge on any atom is -0.317 e. The summed E-state index contributed by atoms with van der Waals surface area (Å²) in [6.07, 6.45) is 1.07. The van der Waals surface area contributed by atoms with Crippen LogP contribution in [0.3, 0.4) is 0 Å². The smallest absolute Gasteiger partial charge is 0.143 e. The number of nitrogens with zero attached hydrogens (tertiary/aromatic N) is 3. The molecule has 3 nitrogen and oxygen atoms in total. The molecule has 1 aromatic heterocycles. The molecule has 0 saturated carbocycles. The molecule has 1 rings (SSSR count). The van der Waals surface area contributed by atoms with Gasteiger partial charge in [0.15, 0.2) is 0 Å². The summed E-state index contributed by atoms with van der Waals surface area (Å²) in [4.78, 5) is 0. The first-order valence-corrected chi connectivity index (χ1v) is 5.59. The number of alkyl halides is 1. The molecule has 0 aromatic carbocycles. The molecule has 1 aromatic rings. The van der Waals surface area contributed by atoms with E-state index in [1.165, 1.54) is 0 Å². The predicted molar refractivity (Wildman–Crippen MR) is 57.0 cm³/mol. The monoisotopic (exact) mass is 245 g/mol. The van der Waals surface area contributed by atoms with Crippen LogP contribution in [0.1, 0.15) is 38.8 Å². The summed E-state index contributed by atoms with van der Waals surface area (Å²) in [6.45, 7) is 6.55. The Balaban J connectivity index is 3.09. The molecular weight excluding hydrogens is 230 g/mol. The third-order valence-electron chi connectivity index (χ3n) is 2.57. The van der Waals surface area contributed by atoms with Gasteiger partial charge in [-0.25, -0.2) is 0 Å². The Kier molecular flexibility index (Phi) is 3.11. The van der Waals surface area contributed by atoms with Crippen molar-refractivity contribution in [2.24, 2.45) is 7.05 Å². The highest BCUT2D eigenvalue weighted by Gasteiger charge is 2.24. The highest BCUT2D eigenvalue weighted by Crippen LogP contribution is 2.24. The molecule has 74 valence electrons. The van der Waals surface area contributed by atoms with E-state index in [0.717, 1.165) is 23.4 Å². The minimum absolute atomic E-state index is 0.113. The van der Waals surface area contributed by atoms with E-state index in [1.807, 2.05) is 7.05 Å². The van der Waals surface area contributed by atoms with Crippen molar-refractivity contribution in [3.63, 3.8) is 0 Å². The summed E-state index contributed by atoms with van der Waals surface area (Å²) in [5.41, 5.74) is 0.113. The van der Waals surface area contributed by atoms with Crippen molar-refractivity contribution in [1.29, 1.82) is 0 Å². The van der Waals surface area contributed by atoms with Crippen molar-refractivity contribution in [2.75, 3.05) is 0 Å². The van der Waals surface area contributed by atoms with Gasteiger partial charge in [0.1, 0.15) is 11.6 Å². The Morgan fingerprint density at radius 2 is 2.00 bits per heavy atom. The molecule has 0 aliphatic rings. The molecular formula is C9H16BrN3. The van der Waals surface area contributed by atoms with Crippen LogP contribution in [-0.2, 0) is 17.8 Å². The van der Waals surface area contributed by atoms with Crippen LogP contribution in [0.4, 0.5) is 0 Å². The first kappa shape index (κ1) is 10.7. The number of aromatic nitrogens is 3. The number of hydrogen-bond acceptors (Lipinski definition) is 2. The van der Waals surface area contributed by atoms with Crippen LogP contribution >= 0.6 is 15.9 Å². The van der Waals surface area contributed by atoms with Crippen molar-refractivity contribution in [2.45, 2.75) is 37.9 Å². The number of rotatable bonds is 3. The van der Waals surface area contributed by atoms with Gasteiger partial charge >= 0.3 is 0 Å². The summed E-state index contributed by atoms with van der Waals surface area (Å²) >= 11 is 3.39. The number of halogens is 1. The molecule has 0 saturated heterocycles. The van der Waals surface area contributed by atoms with Crippen molar-refractivity contribution >= 4 is 15.9 Å². The highest BCUT2D eigenvalue weighted by molar-refractivity contribution is 9.08. The zero-order valence-corrected chi connectivity index (χ0v) is 10.2. The van der Waals surface area contributed by atoms with Gasteiger partial charge in [0.2, 0.25) is 0 Å². The first-order chi connectivity index (χ1) is 6.03. The molecule has 0 unspecified atom stereocenters. The normalized spacial score (nSPS) is 12.1. The zero-order chi connectivity index (χ0) is 10.1. The first-order valence-electron chi connectivity index (χ1n) is 4.47. The van der Waals surface area contributed by atoms with Gasteiger partial charge in [-0.1, -0.05) is 36.7 Å². The van der Waals surface area contributed by atoms with Gasteiger partial charge in [-0.15, -0.1) is 10.2 Å². The highest BCUT2D eigenvalue weighted by atomic mass is 79.9. The number of hydrogen-bond donors (Lipinski definition) is 0. The van der Waals surface area contributed by atoms with Gasteiger partial charge in [-0.05, 0) is 6.42 Å². The Hall–Kier alpha value is -0.380. The van der Waals surface area contributed by atoms with E-state index in [2.05, 4.69) is 51.5 Å². The maximum absolute atomic E-state index is 4.21. The topological polar surface area (TPSA) is 30.7 Å². The molecule has 0 spiro atoms. The second kappa shape index (κ2) is 3.78. The van der Waals surface area contributed by atoms with E-state index in [9.17, 15) is 0 Å². The van der Waals surface area contributed by atoms with Gasteiger partial charge < -0.3 is 4.57 Å². The molecule has 0 aliphatic heterocycles. The van der Waals surface area contributed by atoms with Gasteiger partial charge in [-0.3, -0.25) is 0 Å². The van der Waals surface area contributed by atoms with Gasteiger partial charge in [0, 0.05) is 12.5 Å². The lowest BCUT2D eigenvalue weighted by atomic mass is 9.89. The van der Waals surface area contributed by atoms with Crippen LogP contribution in [-0.4, -0.2) is 14.8 Å². The Morgan fingerprint density at radius 1 is 1.38 bits per heavy atom. The summed E-state index contributed by atoms with van der Waals surface area (Å²) < 4.78 is 2.07. The fourth-order valence-electron chi connectivity index (χ4n) is 1.23. The summed E-state index contributed by atoms with van der Waals surface area (Å²) in [7, 11) is 2.02. The second-order valence-corrected chi connectivity index (χ2v) is 4.43. The van der Waals surface area contributed by atoms with E-state index >= 15 is 0 Å². The molecule has 0 amide bonds. The maximum atomic E-state index is 4.21.